The number of rotatable bonds is 6. The van der Waals surface area contributed by atoms with E-state index < -0.39 is 0 Å². The fourth-order valence-electron chi connectivity index (χ4n) is 2.87. The molecule has 1 fully saturated rings. The van der Waals surface area contributed by atoms with E-state index in [1.165, 1.54) is 7.11 Å². The summed E-state index contributed by atoms with van der Waals surface area (Å²) in [5.74, 6) is 0.102. The van der Waals surface area contributed by atoms with Crippen molar-refractivity contribution in [3.8, 4) is 5.75 Å². The number of ether oxygens (including phenoxy) is 2. The second kappa shape index (κ2) is 7.04. The Balaban J connectivity index is 2.18. The molecule has 0 unspecified atom stereocenters. The molecule has 1 heterocycles. The van der Waals surface area contributed by atoms with Crippen molar-refractivity contribution in [3.05, 3.63) is 29.6 Å². The molecule has 1 aromatic carbocycles. The molecular weight excluding hydrogens is 257 g/mol. The van der Waals surface area contributed by atoms with Gasteiger partial charge in [-0.25, -0.2) is 4.39 Å². The van der Waals surface area contributed by atoms with Crippen LogP contribution in [0.5, 0.6) is 5.75 Å². The van der Waals surface area contributed by atoms with Gasteiger partial charge in [-0.2, -0.15) is 0 Å². The lowest BCUT2D eigenvalue weighted by molar-refractivity contribution is 0.0147. The average molecular weight is 281 g/mol. The van der Waals surface area contributed by atoms with Crippen molar-refractivity contribution in [2.24, 2.45) is 5.41 Å². The SMILES string of the molecule is CCNCC1(Cc2cccc(OC)c2F)CCOCC1. The predicted octanol–water partition coefficient (Wildman–Crippen LogP) is 2.78. The van der Waals surface area contributed by atoms with Crippen LogP contribution in [0.1, 0.15) is 25.3 Å². The van der Waals surface area contributed by atoms with Crippen LogP contribution >= 0.6 is 0 Å². The first-order chi connectivity index (χ1) is 9.71. The van der Waals surface area contributed by atoms with Crippen LogP contribution in [0.3, 0.4) is 0 Å². The van der Waals surface area contributed by atoms with Crippen molar-refractivity contribution in [2.45, 2.75) is 26.2 Å². The first kappa shape index (κ1) is 15.3. The van der Waals surface area contributed by atoms with Gasteiger partial charge in [-0.15, -0.1) is 0 Å². The van der Waals surface area contributed by atoms with Crippen molar-refractivity contribution in [1.29, 1.82) is 0 Å². The number of hydrogen-bond acceptors (Lipinski definition) is 3. The van der Waals surface area contributed by atoms with Gasteiger partial charge in [0.15, 0.2) is 11.6 Å². The van der Waals surface area contributed by atoms with Crippen LogP contribution in [-0.4, -0.2) is 33.4 Å². The van der Waals surface area contributed by atoms with Crippen LogP contribution in [-0.2, 0) is 11.2 Å². The summed E-state index contributed by atoms with van der Waals surface area (Å²) in [4.78, 5) is 0. The van der Waals surface area contributed by atoms with Gasteiger partial charge in [-0.1, -0.05) is 19.1 Å². The topological polar surface area (TPSA) is 30.5 Å². The van der Waals surface area contributed by atoms with E-state index in [0.29, 0.717) is 5.75 Å². The van der Waals surface area contributed by atoms with E-state index in [9.17, 15) is 4.39 Å². The zero-order chi connectivity index (χ0) is 14.4. The van der Waals surface area contributed by atoms with E-state index in [1.807, 2.05) is 12.1 Å². The molecule has 2 rings (SSSR count). The molecule has 1 saturated heterocycles. The number of benzene rings is 1. The molecule has 0 atom stereocenters. The van der Waals surface area contributed by atoms with Crippen LogP contribution in [0.15, 0.2) is 18.2 Å². The molecule has 0 aromatic heterocycles. The molecule has 3 nitrogen and oxygen atoms in total. The molecule has 0 aliphatic carbocycles. The third-order valence-corrected chi connectivity index (χ3v) is 4.13. The summed E-state index contributed by atoms with van der Waals surface area (Å²) < 4.78 is 24.9. The summed E-state index contributed by atoms with van der Waals surface area (Å²) in [6.07, 6.45) is 2.67. The molecule has 1 aliphatic rings. The first-order valence-corrected chi connectivity index (χ1v) is 7.30. The largest absolute Gasteiger partial charge is 0.494 e. The lowest BCUT2D eigenvalue weighted by atomic mass is 9.75. The minimum absolute atomic E-state index is 0.0848. The summed E-state index contributed by atoms with van der Waals surface area (Å²) in [6, 6.07) is 5.39. The van der Waals surface area contributed by atoms with Gasteiger partial charge in [0.05, 0.1) is 7.11 Å². The van der Waals surface area contributed by atoms with E-state index in [4.69, 9.17) is 9.47 Å². The summed E-state index contributed by atoms with van der Waals surface area (Å²) in [6.45, 7) is 5.46. The molecule has 0 saturated carbocycles. The zero-order valence-corrected chi connectivity index (χ0v) is 12.4. The Bertz CT molecular complexity index is 430. The van der Waals surface area contributed by atoms with Gasteiger partial charge in [0.25, 0.3) is 0 Å². The van der Waals surface area contributed by atoms with Crippen LogP contribution in [0.2, 0.25) is 0 Å². The van der Waals surface area contributed by atoms with Gasteiger partial charge in [0.1, 0.15) is 0 Å². The van der Waals surface area contributed by atoms with E-state index in [0.717, 1.165) is 51.1 Å². The number of halogens is 1. The van der Waals surface area contributed by atoms with Gasteiger partial charge < -0.3 is 14.8 Å². The highest BCUT2D eigenvalue weighted by Gasteiger charge is 2.33. The van der Waals surface area contributed by atoms with E-state index in [1.54, 1.807) is 6.07 Å². The second-order valence-electron chi connectivity index (χ2n) is 5.50. The molecule has 112 valence electrons. The Kier molecular flexibility index (Phi) is 5.38. The summed E-state index contributed by atoms with van der Waals surface area (Å²) in [7, 11) is 1.51. The van der Waals surface area contributed by atoms with Crippen LogP contribution in [0.4, 0.5) is 4.39 Å². The van der Waals surface area contributed by atoms with Crippen molar-refractivity contribution in [1.82, 2.24) is 5.32 Å². The summed E-state index contributed by atoms with van der Waals surface area (Å²) in [5.41, 5.74) is 0.825. The van der Waals surface area contributed by atoms with E-state index in [-0.39, 0.29) is 11.2 Å². The Morgan fingerprint density at radius 2 is 2.10 bits per heavy atom. The summed E-state index contributed by atoms with van der Waals surface area (Å²) in [5, 5.41) is 3.42. The quantitative estimate of drug-likeness (QED) is 0.869. The molecule has 0 amide bonds. The van der Waals surface area contributed by atoms with E-state index in [2.05, 4.69) is 12.2 Å². The average Bonchev–Trinajstić information content (AvgIpc) is 2.48. The highest BCUT2D eigenvalue weighted by atomic mass is 19.1. The number of nitrogens with one attached hydrogen (secondary N) is 1. The lowest BCUT2D eigenvalue weighted by Gasteiger charge is -2.37. The molecule has 1 N–H and O–H groups in total. The Hall–Kier alpha value is -1.13. The van der Waals surface area contributed by atoms with Gasteiger partial charge in [-0.3, -0.25) is 0 Å². The Morgan fingerprint density at radius 3 is 2.75 bits per heavy atom. The molecule has 4 heteroatoms. The molecular formula is C16H24FNO2. The van der Waals surface area contributed by atoms with Crippen molar-refractivity contribution in [2.75, 3.05) is 33.4 Å². The second-order valence-corrected chi connectivity index (χ2v) is 5.50. The third kappa shape index (κ3) is 3.49. The predicted molar refractivity (Wildman–Crippen MR) is 77.7 cm³/mol. The molecule has 1 aliphatic heterocycles. The lowest BCUT2D eigenvalue weighted by Crippen LogP contribution is -2.41. The molecule has 1 aromatic rings. The van der Waals surface area contributed by atoms with Gasteiger partial charge in [0, 0.05) is 19.8 Å². The maximum atomic E-state index is 14.3. The highest BCUT2D eigenvalue weighted by molar-refractivity contribution is 5.31. The Morgan fingerprint density at radius 1 is 1.35 bits per heavy atom. The smallest absolute Gasteiger partial charge is 0.168 e. The van der Waals surface area contributed by atoms with Crippen LogP contribution < -0.4 is 10.1 Å². The van der Waals surface area contributed by atoms with Gasteiger partial charge in [0.2, 0.25) is 0 Å². The minimum Gasteiger partial charge on any atom is -0.494 e. The van der Waals surface area contributed by atoms with Crippen molar-refractivity contribution >= 4 is 0 Å². The normalized spacial score (nSPS) is 17.9. The number of methoxy groups -OCH3 is 1. The zero-order valence-electron chi connectivity index (χ0n) is 12.4. The minimum atomic E-state index is -0.225. The molecule has 20 heavy (non-hydrogen) atoms. The Labute approximate surface area is 120 Å². The molecule has 0 radical (unpaired) electrons. The molecule has 0 spiro atoms. The van der Waals surface area contributed by atoms with Crippen molar-refractivity contribution < 1.29 is 13.9 Å². The van der Waals surface area contributed by atoms with Crippen LogP contribution in [0, 0.1) is 11.2 Å². The monoisotopic (exact) mass is 281 g/mol. The van der Waals surface area contributed by atoms with Crippen LogP contribution in [0.25, 0.3) is 0 Å². The van der Waals surface area contributed by atoms with Gasteiger partial charge in [-0.05, 0) is 42.9 Å². The fourth-order valence-corrected chi connectivity index (χ4v) is 2.87. The highest BCUT2D eigenvalue weighted by Crippen LogP contribution is 2.35. The maximum Gasteiger partial charge on any atom is 0.168 e. The maximum absolute atomic E-state index is 14.3. The first-order valence-electron chi connectivity index (χ1n) is 7.30. The van der Waals surface area contributed by atoms with Gasteiger partial charge >= 0.3 is 0 Å². The number of hydrogen-bond donors (Lipinski definition) is 1. The fraction of sp³-hybridized carbons (Fsp3) is 0.625. The van der Waals surface area contributed by atoms with Crippen molar-refractivity contribution in [3.63, 3.8) is 0 Å². The van der Waals surface area contributed by atoms with E-state index >= 15 is 0 Å². The summed E-state index contributed by atoms with van der Waals surface area (Å²) >= 11 is 0. The third-order valence-electron chi connectivity index (χ3n) is 4.13. The standard InChI is InChI=1S/C16H24FNO2/c1-3-18-12-16(7-9-20-10-8-16)11-13-5-4-6-14(19-2)15(13)17/h4-6,18H,3,7-12H2,1-2H3. The molecule has 0 bridgehead atoms.